The molecule has 2 aromatic carbocycles. The summed E-state index contributed by atoms with van der Waals surface area (Å²) in [5.74, 6) is -0.274. The Morgan fingerprint density at radius 3 is 2.90 bits per heavy atom. The largest absolute Gasteiger partial charge is 0.378 e. The summed E-state index contributed by atoms with van der Waals surface area (Å²) in [4.78, 5) is 0. The summed E-state index contributed by atoms with van der Waals surface area (Å²) in [6.45, 7) is 0.511. The van der Waals surface area contributed by atoms with Gasteiger partial charge in [-0.15, -0.1) is 0 Å². The van der Waals surface area contributed by atoms with Crippen molar-refractivity contribution >= 4 is 56.0 Å². The molecule has 0 bridgehead atoms. The minimum Gasteiger partial charge on any atom is -0.378 e. The van der Waals surface area contributed by atoms with Gasteiger partial charge in [-0.3, -0.25) is 0 Å². The third-order valence-electron chi connectivity index (χ3n) is 2.85. The molecule has 0 fully saturated rings. The summed E-state index contributed by atoms with van der Waals surface area (Å²) >= 11 is 10.7. The zero-order chi connectivity index (χ0) is 14.1. The maximum absolute atomic E-state index is 13.1. The van der Waals surface area contributed by atoms with E-state index >= 15 is 0 Å². The average molecular weight is 373 g/mol. The van der Waals surface area contributed by atoms with E-state index in [1.165, 1.54) is 12.1 Å². The quantitative estimate of drug-likeness (QED) is 0.713. The first-order chi connectivity index (χ1) is 9.65. The van der Waals surface area contributed by atoms with Crippen molar-refractivity contribution in [3.05, 3.63) is 51.2 Å². The highest BCUT2D eigenvalue weighted by Crippen LogP contribution is 2.30. The van der Waals surface area contributed by atoms with Crippen LogP contribution >= 0.6 is 39.3 Å². The van der Waals surface area contributed by atoms with Crippen LogP contribution in [-0.2, 0) is 6.54 Å². The normalized spacial score (nSPS) is 10.9. The van der Waals surface area contributed by atoms with Crippen molar-refractivity contribution in [2.45, 2.75) is 6.54 Å². The van der Waals surface area contributed by atoms with E-state index in [2.05, 4.69) is 30.0 Å². The van der Waals surface area contributed by atoms with Crippen LogP contribution in [0.4, 0.5) is 10.1 Å². The van der Waals surface area contributed by atoms with Crippen molar-refractivity contribution < 1.29 is 4.39 Å². The fourth-order valence-corrected chi connectivity index (χ4v) is 3.10. The second-order valence-electron chi connectivity index (χ2n) is 4.14. The minimum absolute atomic E-state index is 0.274. The molecule has 3 rings (SSSR count). The van der Waals surface area contributed by atoms with Crippen molar-refractivity contribution in [3.63, 3.8) is 0 Å². The highest BCUT2D eigenvalue weighted by atomic mass is 79.9. The number of hydrogen-bond donors (Lipinski definition) is 1. The Kier molecular flexibility index (Phi) is 3.87. The number of benzene rings is 2. The van der Waals surface area contributed by atoms with Gasteiger partial charge in [0, 0.05) is 11.0 Å². The third kappa shape index (κ3) is 2.63. The Hall–Kier alpha value is -1.24. The molecule has 1 heterocycles. The molecule has 1 N–H and O–H groups in total. The second-order valence-corrected chi connectivity index (χ2v) is 5.93. The van der Waals surface area contributed by atoms with Gasteiger partial charge in [-0.25, -0.2) is 4.39 Å². The monoisotopic (exact) mass is 371 g/mol. The zero-order valence-corrected chi connectivity index (χ0v) is 13.2. The van der Waals surface area contributed by atoms with E-state index in [1.807, 2.05) is 6.07 Å². The van der Waals surface area contributed by atoms with E-state index in [0.29, 0.717) is 16.0 Å². The van der Waals surface area contributed by atoms with E-state index in [-0.39, 0.29) is 5.82 Å². The number of halogens is 3. The smallest absolute Gasteiger partial charge is 0.129 e. The zero-order valence-electron chi connectivity index (χ0n) is 10.0. The van der Waals surface area contributed by atoms with E-state index < -0.39 is 0 Å². The van der Waals surface area contributed by atoms with Crippen molar-refractivity contribution in [2.24, 2.45) is 0 Å². The molecule has 20 heavy (non-hydrogen) atoms. The van der Waals surface area contributed by atoms with E-state index in [4.69, 9.17) is 11.6 Å². The van der Waals surface area contributed by atoms with Gasteiger partial charge in [0.15, 0.2) is 0 Å². The molecule has 7 heteroatoms. The summed E-state index contributed by atoms with van der Waals surface area (Å²) in [5, 5.41) is 3.82. The van der Waals surface area contributed by atoms with Crippen molar-refractivity contribution in [1.82, 2.24) is 8.75 Å². The number of aromatic nitrogens is 2. The molecular formula is C13H8BrClFN3S. The molecule has 0 aliphatic heterocycles. The van der Waals surface area contributed by atoms with Crippen molar-refractivity contribution in [3.8, 4) is 0 Å². The van der Waals surface area contributed by atoms with E-state index in [9.17, 15) is 4.39 Å². The van der Waals surface area contributed by atoms with Crippen LogP contribution in [0.5, 0.6) is 0 Å². The Labute approximate surface area is 132 Å². The highest BCUT2D eigenvalue weighted by Gasteiger charge is 2.10. The van der Waals surface area contributed by atoms with Gasteiger partial charge >= 0.3 is 0 Å². The minimum atomic E-state index is -0.274. The maximum atomic E-state index is 13.1. The summed E-state index contributed by atoms with van der Waals surface area (Å²) < 4.78 is 22.2. The number of hydrogen-bond acceptors (Lipinski definition) is 4. The molecule has 102 valence electrons. The summed E-state index contributed by atoms with van der Waals surface area (Å²) in [6.07, 6.45) is 0. The van der Waals surface area contributed by atoms with Gasteiger partial charge in [0.05, 0.1) is 22.4 Å². The van der Waals surface area contributed by atoms with Crippen LogP contribution in [0.1, 0.15) is 5.56 Å². The summed E-state index contributed by atoms with van der Waals surface area (Å²) in [5.41, 5.74) is 3.23. The molecule has 0 atom stereocenters. The van der Waals surface area contributed by atoms with Crippen molar-refractivity contribution in [1.29, 1.82) is 0 Å². The number of fused-ring (bicyclic) bond motifs is 1. The fraction of sp³-hybridized carbons (Fsp3) is 0.0769. The summed E-state index contributed by atoms with van der Waals surface area (Å²) in [6, 6.07) is 8.20. The van der Waals surface area contributed by atoms with Crippen LogP contribution in [0.3, 0.4) is 0 Å². The van der Waals surface area contributed by atoms with Crippen molar-refractivity contribution in [2.75, 3.05) is 5.32 Å². The predicted molar refractivity (Wildman–Crippen MR) is 83.9 cm³/mol. The standard InChI is InChI=1S/C13H8BrClFN3S/c14-9-5-8(16)2-1-7(9)6-17-12-10(15)3-4-11-13(12)19-20-18-11/h1-5,17H,6H2. The van der Waals surface area contributed by atoms with E-state index in [1.54, 1.807) is 12.1 Å². The molecule has 3 aromatic rings. The average Bonchev–Trinajstić information content (AvgIpc) is 2.88. The van der Waals surface area contributed by atoms with Crippen LogP contribution in [0.25, 0.3) is 11.0 Å². The molecule has 0 aliphatic rings. The molecule has 0 saturated heterocycles. The van der Waals surface area contributed by atoms with Crippen LogP contribution < -0.4 is 5.32 Å². The summed E-state index contributed by atoms with van der Waals surface area (Å²) in [7, 11) is 0. The Morgan fingerprint density at radius 1 is 1.25 bits per heavy atom. The van der Waals surface area contributed by atoms with Crippen LogP contribution in [0, 0.1) is 5.82 Å². The third-order valence-corrected chi connectivity index (χ3v) is 4.44. The lowest BCUT2D eigenvalue weighted by molar-refractivity contribution is 0.626. The van der Waals surface area contributed by atoms with Gasteiger partial charge in [0.1, 0.15) is 16.9 Å². The molecule has 0 saturated carbocycles. The van der Waals surface area contributed by atoms with Crippen LogP contribution in [0.2, 0.25) is 5.02 Å². The number of nitrogens with one attached hydrogen (secondary N) is 1. The van der Waals surface area contributed by atoms with Gasteiger partial charge in [-0.2, -0.15) is 8.75 Å². The molecule has 3 nitrogen and oxygen atoms in total. The predicted octanol–water partition coefficient (Wildman–Crippen LogP) is 4.86. The molecule has 0 unspecified atom stereocenters. The Morgan fingerprint density at radius 2 is 2.10 bits per heavy atom. The lowest BCUT2D eigenvalue weighted by Gasteiger charge is -2.10. The molecule has 0 amide bonds. The number of anilines is 1. The van der Waals surface area contributed by atoms with Crippen LogP contribution in [0.15, 0.2) is 34.8 Å². The Bertz CT molecular complexity index is 777. The van der Waals surface area contributed by atoms with E-state index in [0.717, 1.165) is 34.0 Å². The van der Waals surface area contributed by atoms with Gasteiger partial charge in [0.2, 0.25) is 0 Å². The van der Waals surface area contributed by atoms with Gasteiger partial charge < -0.3 is 5.32 Å². The second kappa shape index (κ2) is 5.63. The number of rotatable bonds is 3. The highest BCUT2D eigenvalue weighted by molar-refractivity contribution is 9.10. The van der Waals surface area contributed by atoms with Gasteiger partial charge in [0.25, 0.3) is 0 Å². The first-order valence-corrected chi connectivity index (χ1v) is 7.64. The van der Waals surface area contributed by atoms with Crippen LogP contribution in [-0.4, -0.2) is 8.75 Å². The number of nitrogens with zero attached hydrogens (tertiary/aromatic N) is 2. The van der Waals surface area contributed by atoms with Gasteiger partial charge in [-0.05, 0) is 29.8 Å². The first-order valence-electron chi connectivity index (χ1n) is 5.74. The first kappa shape index (κ1) is 13.7. The van der Waals surface area contributed by atoms with Gasteiger partial charge in [-0.1, -0.05) is 33.6 Å². The molecule has 1 aromatic heterocycles. The SMILES string of the molecule is Fc1ccc(CNc2c(Cl)ccc3nsnc23)c(Br)c1. The fourth-order valence-electron chi connectivity index (χ4n) is 1.84. The lowest BCUT2D eigenvalue weighted by atomic mass is 10.2. The molecule has 0 radical (unpaired) electrons. The molecule has 0 aliphatic carbocycles. The molecule has 0 spiro atoms. The lowest BCUT2D eigenvalue weighted by Crippen LogP contribution is -2.01. The Balaban J connectivity index is 1.90. The maximum Gasteiger partial charge on any atom is 0.129 e. The topological polar surface area (TPSA) is 37.8 Å². The molecular weight excluding hydrogens is 365 g/mol.